The van der Waals surface area contributed by atoms with Gasteiger partial charge in [0.2, 0.25) is 8.32 Å². The zero-order chi connectivity index (χ0) is 31.6. The average Bonchev–Trinajstić information content (AvgIpc) is 2.90. The summed E-state index contributed by atoms with van der Waals surface area (Å²) in [6.07, 6.45) is 4.97. The highest BCUT2D eigenvalue weighted by molar-refractivity contribution is 6.74. The molecule has 0 unspecified atom stereocenters. The van der Waals surface area contributed by atoms with Gasteiger partial charge in [0.25, 0.3) is 0 Å². The van der Waals surface area contributed by atoms with Gasteiger partial charge >= 0.3 is 12.1 Å². The van der Waals surface area contributed by atoms with Crippen LogP contribution in [-0.4, -0.2) is 64.7 Å². The van der Waals surface area contributed by atoms with Gasteiger partial charge in [-0.05, 0) is 81.6 Å². The second-order valence-electron chi connectivity index (χ2n) is 12.9. The fourth-order valence-corrected chi connectivity index (χ4v) is 4.92. The predicted octanol–water partition coefficient (Wildman–Crippen LogP) is 6.68. The molecule has 1 saturated heterocycles. The van der Waals surface area contributed by atoms with E-state index in [0.717, 1.165) is 24.2 Å². The Balaban J connectivity index is 2.17. The van der Waals surface area contributed by atoms with E-state index in [2.05, 4.69) is 51.8 Å². The van der Waals surface area contributed by atoms with Crippen LogP contribution in [-0.2, 0) is 34.6 Å². The molecule has 0 aromatic heterocycles. The Labute approximate surface area is 253 Å². The first-order chi connectivity index (χ1) is 19.5. The molecule has 1 aromatic rings. The normalized spacial score (nSPS) is 16.6. The van der Waals surface area contributed by atoms with Crippen LogP contribution >= 0.6 is 0 Å². The Morgan fingerprint density at radius 3 is 2.24 bits per heavy atom. The molecule has 1 N–H and O–H groups in total. The Hall–Kier alpha value is -2.82. The van der Waals surface area contributed by atoms with Crippen LogP contribution in [0.5, 0.6) is 5.75 Å². The maximum atomic E-state index is 12.4. The summed E-state index contributed by atoms with van der Waals surface area (Å²) in [6, 6.07) is 6.43. The Morgan fingerprint density at radius 2 is 1.71 bits per heavy atom. The van der Waals surface area contributed by atoms with Crippen molar-refractivity contribution < 1.29 is 37.7 Å². The molecule has 236 valence electrons. The number of alkyl carbamates (subject to hydrolysis) is 1. The maximum Gasteiger partial charge on any atom is 0.408 e. The van der Waals surface area contributed by atoms with Gasteiger partial charge in [0.05, 0.1) is 20.3 Å². The van der Waals surface area contributed by atoms with E-state index in [1.165, 1.54) is 7.11 Å². The van der Waals surface area contributed by atoms with Crippen molar-refractivity contribution in [3.8, 4) is 5.75 Å². The van der Waals surface area contributed by atoms with Crippen LogP contribution in [0, 0.1) is 0 Å². The number of allylic oxidation sites excluding steroid dienone is 1. The Morgan fingerprint density at radius 1 is 1.10 bits per heavy atom. The summed E-state index contributed by atoms with van der Waals surface area (Å²) in [6.45, 7) is 21.7. The summed E-state index contributed by atoms with van der Waals surface area (Å²) in [5.41, 5.74) is 0.120. The molecular formula is C32H51NO8Si. The molecule has 0 radical (unpaired) electrons. The lowest BCUT2D eigenvalue weighted by atomic mass is 10.1. The van der Waals surface area contributed by atoms with Crippen LogP contribution in [0.1, 0.15) is 66.4 Å². The van der Waals surface area contributed by atoms with Crippen molar-refractivity contribution in [2.75, 3.05) is 20.3 Å². The van der Waals surface area contributed by atoms with Gasteiger partial charge in [0.1, 0.15) is 23.2 Å². The summed E-state index contributed by atoms with van der Waals surface area (Å²) >= 11 is 0. The van der Waals surface area contributed by atoms with Gasteiger partial charge in [-0.1, -0.05) is 39.5 Å². The van der Waals surface area contributed by atoms with Crippen molar-refractivity contribution in [1.82, 2.24) is 5.32 Å². The minimum absolute atomic E-state index is 0.00142. The van der Waals surface area contributed by atoms with E-state index in [0.29, 0.717) is 25.4 Å². The van der Waals surface area contributed by atoms with Crippen molar-refractivity contribution in [3.05, 3.63) is 54.3 Å². The second kappa shape index (κ2) is 15.6. The summed E-state index contributed by atoms with van der Waals surface area (Å²) in [4.78, 5) is 24.6. The van der Waals surface area contributed by atoms with Crippen LogP contribution in [0.4, 0.5) is 4.79 Å². The lowest BCUT2D eigenvalue weighted by Crippen LogP contribution is -2.45. The number of benzene rings is 1. The number of hydrogen-bond acceptors (Lipinski definition) is 8. The number of carbonyl (C=O) groups excluding carboxylic acids is 2. The molecule has 2 rings (SSSR count). The van der Waals surface area contributed by atoms with Crippen molar-refractivity contribution in [2.45, 2.75) is 109 Å². The number of amides is 1. The molecule has 0 bridgehead atoms. The summed E-state index contributed by atoms with van der Waals surface area (Å²) in [5, 5.41) is 2.60. The molecule has 42 heavy (non-hydrogen) atoms. The van der Waals surface area contributed by atoms with Gasteiger partial charge in [-0.25, -0.2) is 9.59 Å². The van der Waals surface area contributed by atoms with E-state index in [9.17, 15) is 9.59 Å². The minimum Gasteiger partial charge on any atom is -0.544 e. The lowest BCUT2D eigenvalue weighted by Gasteiger charge is -2.38. The van der Waals surface area contributed by atoms with Crippen molar-refractivity contribution in [3.63, 3.8) is 0 Å². The highest BCUT2D eigenvalue weighted by atomic mass is 28.4. The molecule has 1 amide bonds. The largest absolute Gasteiger partial charge is 0.544 e. The predicted molar refractivity (Wildman–Crippen MR) is 166 cm³/mol. The van der Waals surface area contributed by atoms with Gasteiger partial charge in [-0.2, -0.15) is 0 Å². The van der Waals surface area contributed by atoms with E-state index >= 15 is 0 Å². The van der Waals surface area contributed by atoms with Gasteiger partial charge in [-0.3, -0.25) is 0 Å². The number of esters is 1. The number of hydrogen-bond donors (Lipinski definition) is 1. The number of nitrogens with one attached hydrogen (secondary N) is 1. The van der Waals surface area contributed by atoms with Gasteiger partial charge in [0, 0.05) is 12.8 Å². The summed E-state index contributed by atoms with van der Waals surface area (Å²) in [5.74, 6) is 0.778. The number of rotatable bonds is 13. The van der Waals surface area contributed by atoms with Crippen LogP contribution < -0.4 is 10.1 Å². The molecule has 1 aliphatic heterocycles. The lowest BCUT2D eigenvalue weighted by molar-refractivity contribution is -0.180. The summed E-state index contributed by atoms with van der Waals surface area (Å²) in [7, 11) is -0.889. The topological polar surface area (TPSA) is 102 Å². The fraction of sp³-hybridized carbons (Fsp3) is 0.625. The molecule has 0 aliphatic carbocycles. The first-order valence-electron chi connectivity index (χ1n) is 14.6. The first kappa shape index (κ1) is 35.4. The summed E-state index contributed by atoms with van der Waals surface area (Å²) < 4.78 is 34.7. The second-order valence-corrected chi connectivity index (χ2v) is 17.6. The molecular weight excluding hydrogens is 554 g/mol. The molecule has 1 aromatic carbocycles. The number of carbonyl (C=O) groups is 2. The monoisotopic (exact) mass is 605 g/mol. The zero-order valence-corrected chi connectivity index (χ0v) is 27.9. The maximum absolute atomic E-state index is 12.4. The zero-order valence-electron chi connectivity index (χ0n) is 26.9. The third-order valence-corrected chi connectivity index (χ3v) is 11.5. The molecule has 1 fully saturated rings. The Kier molecular flexibility index (Phi) is 13.1. The standard InChI is InChI=1S/C32H51NO8Si/c1-11-26(27(41-42(9,10)32(5,6)7)14-12-15-28-37-20-13-21-38-28)39-24-18-16-23(17-19-24)22-25(29(34)36-8)33-30(35)40-31(2,3)4/h11,14,16-19,25-26,28H,1,12-13,15,20-22H2,2-10H3,(H,33,35)/b27-14-/t25-,26+/m0/s1. The van der Waals surface area contributed by atoms with E-state index in [4.69, 9.17) is 28.1 Å². The molecule has 1 heterocycles. The minimum atomic E-state index is -2.17. The van der Waals surface area contributed by atoms with E-state index in [1.807, 2.05) is 24.3 Å². The SMILES string of the molecule is C=C[C@@H](Oc1ccc(C[C@H](NC(=O)OC(C)(C)C)C(=O)OC)cc1)/C(=C/CCC1OCCCO1)O[Si](C)(C)C(C)(C)C. The smallest absolute Gasteiger partial charge is 0.408 e. The van der Waals surface area contributed by atoms with Crippen molar-refractivity contribution >= 4 is 20.4 Å². The fourth-order valence-electron chi connectivity index (χ4n) is 3.82. The van der Waals surface area contributed by atoms with Gasteiger partial charge in [-0.15, -0.1) is 0 Å². The highest BCUT2D eigenvalue weighted by Gasteiger charge is 2.40. The van der Waals surface area contributed by atoms with E-state index in [1.54, 1.807) is 26.8 Å². The highest BCUT2D eigenvalue weighted by Crippen LogP contribution is 2.39. The van der Waals surface area contributed by atoms with Crippen molar-refractivity contribution in [1.29, 1.82) is 0 Å². The molecule has 10 heteroatoms. The third kappa shape index (κ3) is 11.8. The quantitative estimate of drug-likeness (QED) is 0.115. The van der Waals surface area contributed by atoms with Crippen molar-refractivity contribution in [2.24, 2.45) is 0 Å². The molecule has 2 atom stereocenters. The van der Waals surface area contributed by atoms with Crippen LogP contribution in [0.15, 0.2) is 48.8 Å². The molecule has 0 spiro atoms. The average molecular weight is 606 g/mol. The first-order valence-corrected chi connectivity index (χ1v) is 17.5. The van der Waals surface area contributed by atoms with Crippen LogP contribution in [0.3, 0.4) is 0 Å². The molecule has 0 saturated carbocycles. The molecule has 1 aliphatic rings. The number of ether oxygens (including phenoxy) is 5. The number of methoxy groups -OCH3 is 1. The third-order valence-electron chi connectivity index (χ3n) is 7.12. The molecule has 9 nitrogen and oxygen atoms in total. The van der Waals surface area contributed by atoms with E-state index < -0.39 is 38.1 Å². The van der Waals surface area contributed by atoms with Crippen LogP contribution in [0.2, 0.25) is 18.1 Å². The van der Waals surface area contributed by atoms with E-state index in [-0.39, 0.29) is 17.7 Å². The van der Waals surface area contributed by atoms with Gasteiger partial charge in [0.15, 0.2) is 12.4 Å². The van der Waals surface area contributed by atoms with Gasteiger partial charge < -0.3 is 33.4 Å². The Bertz CT molecular complexity index is 1050. The van der Waals surface area contributed by atoms with Crippen LogP contribution in [0.25, 0.3) is 0 Å².